The summed E-state index contributed by atoms with van der Waals surface area (Å²) in [4.78, 5) is 8.15. The summed E-state index contributed by atoms with van der Waals surface area (Å²) in [5.74, 6) is 2.71. The van der Waals surface area contributed by atoms with Gasteiger partial charge in [0.2, 0.25) is 0 Å². The van der Waals surface area contributed by atoms with E-state index >= 15 is 0 Å². The molecular weight excluding hydrogens is 136 g/mol. The quantitative estimate of drug-likeness (QED) is 0.574. The van der Waals surface area contributed by atoms with E-state index in [1.807, 2.05) is 6.20 Å². The van der Waals surface area contributed by atoms with E-state index in [1.54, 1.807) is 6.20 Å². The molecule has 0 aromatic carbocycles. The molecule has 0 aliphatic carbocycles. The lowest BCUT2D eigenvalue weighted by atomic mass is 10.1. The molecule has 2 nitrogen and oxygen atoms in total. The van der Waals surface area contributed by atoms with Crippen molar-refractivity contribution in [2.75, 3.05) is 0 Å². The minimum Gasteiger partial charge on any atom is -0.251 e. The van der Waals surface area contributed by atoms with E-state index in [0.717, 1.165) is 18.6 Å². The second-order valence-electron chi connectivity index (χ2n) is 2.32. The lowest BCUT2D eigenvalue weighted by molar-refractivity contribution is 1.12. The minimum atomic E-state index is 0.966. The van der Waals surface area contributed by atoms with Crippen LogP contribution in [0.4, 0.5) is 0 Å². The van der Waals surface area contributed by atoms with Crippen molar-refractivity contribution in [2.24, 2.45) is 9.98 Å². The highest BCUT2D eigenvalue weighted by molar-refractivity contribution is 6.01. The van der Waals surface area contributed by atoms with E-state index in [1.165, 1.54) is 5.57 Å². The van der Waals surface area contributed by atoms with Crippen molar-refractivity contribution in [2.45, 2.75) is 26.7 Å². The lowest BCUT2D eigenvalue weighted by Gasteiger charge is -2.01. The highest BCUT2D eigenvalue weighted by Crippen LogP contribution is 2.08. The molecule has 0 atom stereocenters. The lowest BCUT2D eigenvalue weighted by Crippen LogP contribution is -1.98. The smallest absolute Gasteiger partial charge is 0.0885 e. The summed E-state index contributed by atoms with van der Waals surface area (Å²) in [6.45, 7) is 4.21. The van der Waals surface area contributed by atoms with Crippen LogP contribution in [0.3, 0.4) is 0 Å². The van der Waals surface area contributed by atoms with Gasteiger partial charge in [-0.2, -0.15) is 0 Å². The number of hydrogen-bond donors (Lipinski definition) is 0. The van der Waals surface area contributed by atoms with Gasteiger partial charge in [-0.1, -0.05) is 13.8 Å². The average Bonchev–Trinajstić information content (AvgIpc) is 2.27. The molecule has 1 aliphatic heterocycles. The maximum atomic E-state index is 4.21. The van der Waals surface area contributed by atoms with Crippen molar-refractivity contribution in [1.82, 2.24) is 0 Å². The van der Waals surface area contributed by atoms with Crippen LogP contribution in [0, 0.1) is 0 Å². The zero-order chi connectivity index (χ0) is 8.10. The molecule has 2 heteroatoms. The average molecular weight is 148 g/mol. The third-order valence-electron chi connectivity index (χ3n) is 1.66. The summed E-state index contributed by atoms with van der Waals surface area (Å²) < 4.78 is 0. The summed E-state index contributed by atoms with van der Waals surface area (Å²) in [6.07, 6.45) is 5.42. The minimum absolute atomic E-state index is 0.966. The van der Waals surface area contributed by atoms with Gasteiger partial charge in [-0.3, -0.25) is 4.99 Å². The molecule has 0 fully saturated rings. The molecule has 0 radical (unpaired) electrons. The molecule has 0 saturated carbocycles. The van der Waals surface area contributed by atoms with E-state index in [2.05, 4.69) is 29.7 Å². The van der Waals surface area contributed by atoms with Crippen LogP contribution >= 0.6 is 0 Å². The Kier molecular flexibility index (Phi) is 2.82. The van der Waals surface area contributed by atoms with Crippen molar-refractivity contribution >= 4 is 11.6 Å². The SMILES string of the molecule is CCC1=CN=C=CN=C1CC. The van der Waals surface area contributed by atoms with Gasteiger partial charge in [-0.25, -0.2) is 4.99 Å². The van der Waals surface area contributed by atoms with E-state index in [0.29, 0.717) is 0 Å². The molecule has 1 rings (SSSR count). The number of nitrogens with zero attached hydrogens (tertiary/aromatic N) is 2. The summed E-state index contributed by atoms with van der Waals surface area (Å²) >= 11 is 0. The number of hydrogen-bond acceptors (Lipinski definition) is 2. The summed E-state index contributed by atoms with van der Waals surface area (Å²) in [5.41, 5.74) is 2.34. The van der Waals surface area contributed by atoms with Crippen molar-refractivity contribution < 1.29 is 0 Å². The van der Waals surface area contributed by atoms with Gasteiger partial charge in [-0.15, -0.1) is 0 Å². The molecule has 58 valence electrons. The maximum absolute atomic E-state index is 4.21. The maximum Gasteiger partial charge on any atom is 0.0885 e. The molecule has 0 unspecified atom stereocenters. The Morgan fingerprint density at radius 1 is 1.36 bits per heavy atom. The molecule has 1 aliphatic rings. The van der Waals surface area contributed by atoms with Crippen LogP contribution in [0.15, 0.2) is 28.0 Å². The van der Waals surface area contributed by atoms with Gasteiger partial charge in [-0.05, 0) is 18.4 Å². The largest absolute Gasteiger partial charge is 0.251 e. The van der Waals surface area contributed by atoms with E-state index < -0.39 is 0 Å². The third-order valence-corrected chi connectivity index (χ3v) is 1.66. The Morgan fingerprint density at radius 2 is 2.18 bits per heavy atom. The predicted molar refractivity (Wildman–Crippen MR) is 48.1 cm³/mol. The topological polar surface area (TPSA) is 24.7 Å². The second kappa shape index (κ2) is 3.89. The first kappa shape index (κ1) is 7.96. The van der Waals surface area contributed by atoms with Gasteiger partial charge < -0.3 is 0 Å². The van der Waals surface area contributed by atoms with Gasteiger partial charge in [0.15, 0.2) is 0 Å². The summed E-state index contributed by atoms with van der Waals surface area (Å²) in [7, 11) is 0. The normalized spacial score (nSPS) is 15.8. The van der Waals surface area contributed by atoms with Crippen molar-refractivity contribution in [3.63, 3.8) is 0 Å². The fourth-order valence-corrected chi connectivity index (χ4v) is 1.03. The Morgan fingerprint density at radius 3 is 2.82 bits per heavy atom. The molecule has 0 N–H and O–H groups in total. The molecule has 11 heavy (non-hydrogen) atoms. The number of rotatable bonds is 2. The van der Waals surface area contributed by atoms with Crippen molar-refractivity contribution in [1.29, 1.82) is 0 Å². The highest BCUT2D eigenvalue weighted by atomic mass is 14.8. The van der Waals surface area contributed by atoms with E-state index in [9.17, 15) is 0 Å². The second-order valence-corrected chi connectivity index (χ2v) is 2.32. The first-order valence-corrected chi connectivity index (χ1v) is 3.91. The molecule has 0 bridgehead atoms. The van der Waals surface area contributed by atoms with Gasteiger partial charge in [0.05, 0.1) is 6.20 Å². The Bertz CT molecular complexity index is 229. The summed E-state index contributed by atoms with van der Waals surface area (Å²) in [5, 5.41) is 0. The third kappa shape index (κ3) is 1.89. The van der Waals surface area contributed by atoms with Crippen LogP contribution in [0.2, 0.25) is 0 Å². The van der Waals surface area contributed by atoms with Gasteiger partial charge >= 0.3 is 0 Å². The van der Waals surface area contributed by atoms with Crippen LogP contribution in [0.25, 0.3) is 0 Å². The zero-order valence-corrected chi connectivity index (χ0v) is 6.96. The van der Waals surface area contributed by atoms with Gasteiger partial charge in [0, 0.05) is 17.8 Å². The van der Waals surface area contributed by atoms with Crippen LogP contribution < -0.4 is 0 Å². The first-order valence-electron chi connectivity index (χ1n) is 3.91. The number of allylic oxidation sites excluding steroid dienone is 1. The Hall–Kier alpha value is -1.14. The van der Waals surface area contributed by atoms with Crippen molar-refractivity contribution in [3.8, 4) is 0 Å². The van der Waals surface area contributed by atoms with Gasteiger partial charge in [0.25, 0.3) is 0 Å². The molecule has 0 saturated heterocycles. The molecule has 1 heterocycles. The van der Waals surface area contributed by atoms with E-state index in [-0.39, 0.29) is 0 Å². The first-order chi connectivity index (χ1) is 5.38. The Labute approximate surface area is 67.1 Å². The molecule has 0 aromatic rings. The van der Waals surface area contributed by atoms with Crippen LogP contribution in [0.5, 0.6) is 0 Å². The monoisotopic (exact) mass is 148 g/mol. The molecule has 0 aromatic heterocycles. The van der Waals surface area contributed by atoms with Crippen molar-refractivity contribution in [3.05, 3.63) is 18.0 Å². The zero-order valence-electron chi connectivity index (χ0n) is 6.96. The van der Waals surface area contributed by atoms with Crippen LogP contribution in [0.1, 0.15) is 26.7 Å². The Balaban J connectivity index is 2.91. The standard InChI is InChI=1S/C9H12N2/c1-3-8-7-10-5-6-11-9(8)4-2/h6-7H,3-4H2,1-2H3. The number of aliphatic imine (C=N–C) groups is 2. The molecule has 0 amide bonds. The fraction of sp³-hybridized carbons (Fsp3) is 0.444. The predicted octanol–water partition coefficient (Wildman–Crippen LogP) is 2.33. The van der Waals surface area contributed by atoms with Crippen LogP contribution in [-0.2, 0) is 0 Å². The highest BCUT2D eigenvalue weighted by Gasteiger charge is 2.01. The van der Waals surface area contributed by atoms with Crippen LogP contribution in [-0.4, -0.2) is 11.6 Å². The molecule has 0 spiro atoms. The van der Waals surface area contributed by atoms with Gasteiger partial charge in [0.1, 0.15) is 0 Å². The molecular formula is C9H12N2. The fourth-order valence-electron chi connectivity index (χ4n) is 1.03. The summed E-state index contributed by atoms with van der Waals surface area (Å²) in [6, 6.07) is 0. The van der Waals surface area contributed by atoms with E-state index in [4.69, 9.17) is 0 Å².